The lowest BCUT2D eigenvalue weighted by atomic mass is 10.1. The molecule has 3 heterocycles. The number of esters is 1. The molecule has 0 atom stereocenters. The molecule has 0 spiro atoms. The molecule has 154 valence electrons. The van der Waals surface area contributed by atoms with E-state index in [-0.39, 0.29) is 19.2 Å². The van der Waals surface area contributed by atoms with Gasteiger partial charge < -0.3 is 23.2 Å². The highest BCUT2D eigenvalue weighted by Crippen LogP contribution is 2.32. The molecule has 1 aliphatic rings. The summed E-state index contributed by atoms with van der Waals surface area (Å²) in [7, 11) is 0. The highest BCUT2D eigenvalue weighted by molar-refractivity contribution is 6.00. The minimum absolute atomic E-state index is 0.189. The molecule has 7 heteroatoms. The van der Waals surface area contributed by atoms with Crippen molar-refractivity contribution in [3.8, 4) is 11.5 Å². The van der Waals surface area contributed by atoms with E-state index in [1.165, 1.54) is 6.08 Å². The van der Waals surface area contributed by atoms with E-state index in [1.807, 2.05) is 30.5 Å². The number of carbonyl (C=O) groups is 2. The van der Waals surface area contributed by atoms with E-state index in [0.717, 1.165) is 22.7 Å². The predicted molar refractivity (Wildman–Crippen MR) is 109 cm³/mol. The second-order valence-corrected chi connectivity index (χ2v) is 6.93. The number of benzene rings is 1. The summed E-state index contributed by atoms with van der Waals surface area (Å²) in [5.41, 5.74) is 3.04. The minimum atomic E-state index is -0.592. The number of aromatic nitrogens is 1. The number of hydrogen-bond donors (Lipinski definition) is 0. The number of hydrogen-bond acceptors (Lipinski definition) is 6. The van der Waals surface area contributed by atoms with Crippen LogP contribution < -0.4 is 9.47 Å². The maximum Gasteiger partial charge on any atom is 0.331 e. The van der Waals surface area contributed by atoms with Gasteiger partial charge in [0.1, 0.15) is 5.76 Å². The van der Waals surface area contributed by atoms with Crippen LogP contribution in [-0.4, -0.2) is 29.7 Å². The summed E-state index contributed by atoms with van der Waals surface area (Å²) in [6.07, 6.45) is 4.50. The van der Waals surface area contributed by atoms with Crippen molar-refractivity contribution in [2.75, 3.05) is 13.4 Å². The normalized spacial score (nSPS) is 12.5. The predicted octanol–water partition coefficient (Wildman–Crippen LogP) is 3.91. The summed E-state index contributed by atoms with van der Waals surface area (Å²) < 4.78 is 23.1. The van der Waals surface area contributed by atoms with Crippen LogP contribution in [0.4, 0.5) is 0 Å². The van der Waals surface area contributed by atoms with Gasteiger partial charge >= 0.3 is 5.97 Å². The number of carbonyl (C=O) groups excluding carboxylic acids is 2. The smallest absolute Gasteiger partial charge is 0.331 e. The van der Waals surface area contributed by atoms with E-state index in [1.54, 1.807) is 36.6 Å². The summed E-state index contributed by atoms with van der Waals surface area (Å²) in [5, 5.41) is 0. The molecule has 0 fully saturated rings. The first-order valence-electron chi connectivity index (χ1n) is 9.48. The van der Waals surface area contributed by atoms with E-state index >= 15 is 0 Å². The summed E-state index contributed by atoms with van der Waals surface area (Å²) in [4.78, 5) is 24.6. The van der Waals surface area contributed by atoms with Crippen LogP contribution in [-0.2, 0) is 16.1 Å². The molecule has 4 rings (SSSR count). The average Bonchev–Trinajstić information content (AvgIpc) is 3.47. The van der Waals surface area contributed by atoms with Crippen molar-refractivity contribution in [1.29, 1.82) is 0 Å². The topological polar surface area (TPSA) is 79.9 Å². The number of ether oxygens (including phenoxy) is 3. The Morgan fingerprint density at radius 3 is 2.77 bits per heavy atom. The molecule has 0 aliphatic carbocycles. The van der Waals surface area contributed by atoms with Crippen molar-refractivity contribution in [2.24, 2.45) is 0 Å². The summed E-state index contributed by atoms with van der Waals surface area (Å²) in [6.45, 7) is 4.19. The van der Waals surface area contributed by atoms with E-state index in [9.17, 15) is 9.59 Å². The maximum absolute atomic E-state index is 12.6. The monoisotopic (exact) mass is 407 g/mol. The van der Waals surface area contributed by atoms with Crippen LogP contribution in [0, 0.1) is 13.8 Å². The first-order valence-corrected chi connectivity index (χ1v) is 9.48. The lowest BCUT2D eigenvalue weighted by Crippen LogP contribution is -2.13. The van der Waals surface area contributed by atoms with Crippen molar-refractivity contribution in [1.82, 2.24) is 4.57 Å². The molecule has 0 bridgehead atoms. The molecule has 3 aromatic rings. The summed E-state index contributed by atoms with van der Waals surface area (Å²) >= 11 is 0. The lowest BCUT2D eigenvalue weighted by molar-refractivity contribution is -0.136. The van der Waals surface area contributed by atoms with Crippen LogP contribution in [0.15, 0.2) is 53.2 Å². The van der Waals surface area contributed by atoms with Gasteiger partial charge in [-0.2, -0.15) is 0 Å². The molecule has 7 nitrogen and oxygen atoms in total. The first-order chi connectivity index (χ1) is 14.5. The van der Waals surface area contributed by atoms with Crippen molar-refractivity contribution in [3.63, 3.8) is 0 Å². The van der Waals surface area contributed by atoms with Gasteiger partial charge in [-0.3, -0.25) is 4.79 Å². The van der Waals surface area contributed by atoms with Crippen molar-refractivity contribution in [2.45, 2.75) is 20.4 Å². The quantitative estimate of drug-likeness (QED) is 0.336. The Kier molecular flexibility index (Phi) is 5.43. The highest BCUT2D eigenvalue weighted by atomic mass is 16.7. The standard InChI is InChI=1S/C23H21NO6/c1-15-10-19(16(2)24(15)12-18-4-3-9-27-18)20(25)13-28-23(26)8-6-17-5-7-21-22(11-17)30-14-29-21/h3-11H,12-14H2,1-2H3/b8-6+. The Balaban J connectivity index is 1.35. The third-order valence-corrected chi connectivity index (χ3v) is 4.92. The molecule has 2 aromatic heterocycles. The number of aryl methyl sites for hydroxylation is 1. The highest BCUT2D eigenvalue weighted by Gasteiger charge is 2.18. The Morgan fingerprint density at radius 2 is 1.97 bits per heavy atom. The van der Waals surface area contributed by atoms with E-state index in [2.05, 4.69) is 0 Å². The Hall–Kier alpha value is -3.74. The van der Waals surface area contributed by atoms with Crippen LogP contribution in [0.3, 0.4) is 0 Å². The molecular weight excluding hydrogens is 386 g/mol. The average molecular weight is 407 g/mol. The van der Waals surface area contributed by atoms with E-state index in [4.69, 9.17) is 18.6 Å². The van der Waals surface area contributed by atoms with E-state index < -0.39 is 5.97 Å². The van der Waals surface area contributed by atoms with Gasteiger partial charge in [-0.25, -0.2) is 4.79 Å². The van der Waals surface area contributed by atoms with Crippen molar-refractivity contribution in [3.05, 3.63) is 77.0 Å². The fourth-order valence-electron chi connectivity index (χ4n) is 3.33. The summed E-state index contributed by atoms with van der Waals surface area (Å²) in [5.74, 6) is 1.26. The van der Waals surface area contributed by atoms with Crippen LogP contribution >= 0.6 is 0 Å². The van der Waals surface area contributed by atoms with Crippen LogP contribution in [0.1, 0.15) is 33.1 Å². The van der Waals surface area contributed by atoms with Gasteiger partial charge in [0.2, 0.25) is 12.6 Å². The van der Waals surface area contributed by atoms with Gasteiger partial charge in [-0.05, 0) is 55.8 Å². The molecule has 0 saturated carbocycles. The number of nitrogens with zero attached hydrogens (tertiary/aromatic N) is 1. The third kappa shape index (κ3) is 4.15. The molecule has 0 amide bonds. The van der Waals surface area contributed by atoms with Gasteiger partial charge in [-0.15, -0.1) is 0 Å². The molecule has 0 N–H and O–H groups in total. The molecule has 0 saturated heterocycles. The largest absolute Gasteiger partial charge is 0.467 e. The molecule has 30 heavy (non-hydrogen) atoms. The molecule has 1 aromatic carbocycles. The number of Topliss-reactive ketones (excluding diaryl/α,β-unsaturated/α-hetero) is 1. The van der Waals surface area contributed by atoms with Gasteiger partial charge in [-0.1, -0.05) is 6.07 Å². The second-order valence-electron chi connectivity index (χ2n) is 6.93. The lowest BCUT2D eigenvalue weighted by Gasteiger charge is -2.08. The van der Waals surface area contributed by atoms with Gasteiger partial charge in [0.05, 0.1) is 12.8 Å². The van der Waals surface area contributed by atoms with Gasteiger partial charge in [0.15, 0.2) is 18.1 Å². The van der Waals surface area contributed by atoms with Crippen LogP contribution in [0.5, 0.6) is 11.5 Å². The molecule has 0 unspecified atom stereocenters. The zero-order valence-corrected chi connectivity index (χ0v) is 16.7. The first kappa shape index (κ1) is 19.6. The number of furan rings is 1. The molecule has 0 radical (unpaired) electrons. The fourth-order valence-corrected chi connectivity index (χ4v) is 3.33. The number of fused-ring (bicyclic) bond motifs is 1. The number of rotatable bonds is 7. The fraction of sp³-hybridized carbons (Fsp3) is 0.217. The SMILES string of the molecule is Cc1cc(C(=O)COC(=O)/C=C/c2ccc3c(c2)OCO3)c(C)n1Cc1ccco1. The maximum atomic E-state index is 12.6. The van der Waals surface area contributed by atoms with Crippen LogP contribution in [0.2, 0.25) is 0 Å². The Morgan fingerprint density at radius 1 is 1.13 bits per heavy atom. The summed E-state index contributed by atoms with van der Waals surface area (Å²) in [6, 6.07) is 10.9. The number of ketones is 1. The second kappa shape index (κ2) is 8.32. The molecule has 1 aliphatic heterocycles. The third-order valence-electron chi connectivity index (χ3n) is 4.92. The minimum Gasteiger partial charge on any atom is -0.467 e. The van der Waals surface area contributed by atoms with Crippen molar-refractivity contribution >= 4 is 17.8 Å². The zero-order chi connectivity index (χ0) is 21.1. The van der Waals surface area contributed by atoms with Crippen LogP contribution in [0.25, 0.3) is 6.08 Å². The Labute approximate surface area is 173 Å². The Bertz CT molecular complexity index is 1110. The zero-order valence-electron chi connectivity index (χ0n) is 16.7. The van der Waals surface area contributed by atoms with Crippen molar-refractivity contribution < 1.29 is 28.2 Å². The van der Waals surface area contributed by atoms with Gasteiger partial charge in [0, 0.05) is 23.0 Å². The van der Waals surface area contributed by atoms with Gasteiger partial charge in [0.25, 0.3) is 0 Å². The molecular formula is C23H21NO6. The van der Waals surface area contributed by atoms with E-state index in [0.29, 0.717) is 23.6 Å².